The number of halogens is 1. The van der Waals surface area contributed by atoms with Crippen LogP contribution in [0.1, 0.15) is 36.2 Å². The Balaban J connectivity index is 1.55. The summed E-state index contributed by atoms with van der Waals surface area (Å²) < 4.78 is 0.809. The number of hydrogen-bond donors (Lipinski definition) is 1. The van der Waals surface area contributed by atoms with Gasteiger partial charge in [0, 0.05) is 15.4 Å². The average Bonchev–Trinajstić information content (AvgIpc) is 3.08. The molecule has 2 amide bonds. The molecule has 1 N–H and O–H groups in total. The number of carbonyl (C=O) groups is 3. The third-order valence-corrected chi connectivity index (χ3v) is 7.32. The minimum absolute atomic E-state index is 0.0310. The molecule has 1 aliphatic heterocycles. The van der Waals surface area contributed by atoms with E-state index in [0.717, 1.165) is 10.0 Å². The number of rotatable bonds is 4. The Morgan fingerprint density at radius 1 is 1.15 bits per heavy atom. The van der Waals surface area contributed by atoms with Crippen molar-refractivity contribution in [3.63, 3.8) is 0 Å². The third kappa shape index (κ3) is 3.55. The predicted octanol–water partition coefficient (Wildman–Crippen LogP) is 5.63. The number of carboxylic acids is 1. The van der Waals surface area contributed by atoms with Gasteiger partial charge in [-0.25, -0.2) is 9.78 Å². The molecule has 0 spiro atoms. The van der Waals surface area contributed by atoms with Crippen molar-refractivity contribution in [3.05, 3.63) is 70.2 Å². The van der Waals surface area contributed by atoms with E-state index in [1.165, 1.54) is 4.90 Å². The summed E-state index contributed by atoms with van der Waals surface area (Å²) in [7, 11) is 0. The van der Waals surface area contributed by atoms with Gasteiger partial charge < -0.3 is 5.11 Å². The zero-order valence-electron chi connectivity index (χ0n) is 18.8. The van der Waals surface area contributed by atoms with Gasteiger partial charge in [-0.05, 0) is 54.7 Å². The number of aromatic carboxylic acids is 1. The molecule has 2 aromatic carbocycles. The normalized spacial score (nSPS) is 21.9. The van der Waals surface area contributed by atoms with Crippen LogP contribution in [0.25, 0.3) is 22.2 Å². The second-order valence-electron chi connectivity index (χ2n) is 8.89. The number of nitrogens with zero attached hydrogens (tertiary/aromatic N) is 2. The number of fused-ring (bicyclic) bond motifs is 2. The fraction of sp³-hybridized carbons (Fsp3) is 0.259. The number of benzene rings is 2. The quantitative estimate of drug-likeness (QED) is 0.357. The number of hydrogen-bond acceptors (Lipinski definition) is 4. The minimum Gasteiger partial charge on any atom is -0.478 e. The largest absolute Gasteiger partial charge is 0.478 e. The van der Waals surface area contributed by atoms with Crippen LogP contribution in [-0.4, -0.2) is 27.9 Å². The van der Waals surface area contributed by atoms with Crippen LogP contribution in [-0.2, 0) is 16.0 Å². The molecule has 3 aromatic rings. The number of pyridine rings is 1. The number of imide groups is 1. The highest BCUT2D eigenvalue weighted by atomic mass is 79.9. The van der Waals surface area contributed by atoms with Crippen molar-refractivity contribution in [2.75, 3.05) is 4.90 Å². The minimum atomic E-state index is -1.02. The fourth-order valence-electron chi connectivity index (χ4n) is 5.14. The molecule has 0 bridgehead atoms. The van der Waals surface area contributed by atoms with Crippen molar-refractivity contribution in [1.29, 1.82) is 0 Å². The molecule has 7 heteroatoms. The lowest BCUT2D eigenvalue weighted by molar-refractivity contribution is -0.122. The first kappa shape index (κ1) is 22.5. The van der Waals surface area contributed by atoms with Gasteiger partial charge >= 0.3 is 5.97 Å². The third-order valence-electron chi connectivity index (χ3n) is 6.86. The van der Waals surface area contributed by atoms with Gasteiger partial charge in [-0.3, -0.25) is 14.5 Å². The second-order valence-corrected chi connectivity index (χ2v) is 9.80. The Morgan fingerprint density at radius 3 is 2.53 bits per heavy atom. The topological polar surface area (TPSA) is 87.6 Å². The summed E-state index contributed by atoms with van der Waals surface area (Å²) in [4.78, 5) is 44.2. The Morgan fingerprint density at radius 2 is 1.88 bits per heavy atom. The molecule has 34 heavy (non-hydrogen) atoms. The number of carbonyl (C=O) groups excluding carboxylic acids is 2. The molecule has 1 fully saturated rings. The van der Waals surface area contributed by atoms with E-state index in [1.807, 2.05) is 32.1 Å². The zero-order chi connectivity index (χ0) is 24.1. The highest BCUT2D eigenvalue weighted by Gasteiger charge is 2.50. The number of amides is 2. The first-order valence-electron chi connectivity index (χ1n) is 11.3. The van der Waals surface area contributed by atoms with Crippen LogP contribution in [0.3, 0.4) is 0 Å². The number of carboxylic acid groups (broad SMARTS) is 1. The van der Waals surface area contributed by atoms with Gasteiger partial charge in [-0.2, -0.15) is 0 Å². The molecule has 1 aromatic heterocycles. The molecular weight excluding hydrogens is 496 g/mol. The maximum absolute atomic E-state index is 13.1. The lowest BCUT2D eigenvalue weighted by Gasteiger charge is -2.22. The number of allylic oxidation sites excluding steroid dienone is 2. The van der Waals surface area contributed by atoms with E-state index in [4.69, 9.17) is 4.98 Å². The first-order chi connectivity index (χ1) is 16.3. The van der Waals surface area contributed by atoms with Crippen molar-refractivity contribution >= 4 is 50.3 Å². The number of aromatic nitrogens is 1. The predicted molar refractivity (Wildman–Crippen MR) is 134 cm³/mol. The fourth-order valence-corrected chi connectivity index (χ4v) is 5.64. The van der Waals surface area contributed by atoms with Crippen molar-refractivity contribution in [3.8, 4) is 11.3 Å². The molecule has 6 nitrogen and oxygen atoms in total. The lowest BCUT2D eigenvalue weighted by Crippen LogP contribution is -2.31. The molecule has 3 unspecified atom stereocenters. The van der Waals surface area contributed by atoms with E-state index in [0.29, 0.717) is 40.7 Å². The molecule has 2 heterocycles. The molecular formula is C27H23BrN2O4. The van der Waals surface area contributed by atoms with Crippen LogP contribution in [0.2, 0.25) is 0 Å². The van der Waals surface area contributed by atoms with Gasteiger partial charge in [0.2, 0.25) is 11.8 Å². The number of anilines is 1. The van der Waals surface area contributed by atoms with Crippen LogP contribution < -0.4 is 4.90 Å². The molecule has 0 radical (unpaired) electrons. The first-order valence-corrected chi connectivity index (χ1v) is 12.1. The summed E-state index contributed by atoms with van der Waals surface area (Å²) in [6.45, 7) is 3.97. The Bertz CT molecular complexity index is 1380. The summed E-state index contributed by atoms with van der Waals surface area (Å²) in [5.74, 6) is -1.93. The molecule has 3 atom stereocenters. The lowest BCUT2D eigenvalue weighted by atomic mass is 9.78. The highest BCUT2D eigenvalue weighted by molar-refractivity contribution is 9.10. The smallest absolute Gasteiger partial charge is 0.336 e. The van der Waals surface area contributed by atoms with E-state index in [-0.39, 0.29) is 35.1 Å². The molecule has 0 saturated carbocycles. The molecule has 2 aliphatic rings. The van der Waals surface area contributed by atoms with Gasteiger partial charge in [-0.1, -0.05) is 54.1 Å². The van der Waals surface area contributed by atoms with E-state index < -0.39 is 5.97 Å². The molecule has 1 saturated heterocycles. The van der Waals surface area contributed by atoms with E-state index in [9.17, 15) is 19.5 Å². The standard InChI is InChI=1S/C27H23BrN2O4/c1-3-15-11-17(28)12-20-21(27(33)34)13-22(29-24(15)20)16-7-9-18(10-8-16)30-25(31)19-6-4-5-14(2)23(19)26(30)32/h4-5,7-14,19,23H,3,6H2,1-2H3,(H,33,34). The summed E-state index contributed by atoms with van der Waals surface area (Å²) in [6, 6.07) is 12.3. The molecule has 5 rings (SSSR count). The van der Waals surface area contributed by atoms with Crippen molar-refractivity contribution < 1.29 is 19.5 Å². The number of aryl methyl sites for hydroxylation is 1. The van der Waals surface area contributed by atoms with Crippen LogP contribution in [0.4, 0.5) is 5.69 Å². The van der Waals surface area contributed by atoms with Crippen molar-refractivity contribution in [1.82, 2.24) is 4.98 Å². The SMILES string of the molecule is CCc1cc(Br)cc2c(C(=O)O)cc(-c3ccc(N4C(=O)C5CC=CC(C)C5C4=O)cc3)nc12. The maximum atomic E-state index is 13.1. The second kappa shape index (κ2) is 8.47. The van der Waals surface area contributed by atoms with Crippen molar-refractivity contribution in [2.24, 2.45) is 17.8 Å². The van der Waals surface area contributed by atoms with Crippen LogP contribution in [0, 0.1) is 17.8 Å². The van der Waals surface area contributed by atoms with E-state index in [2.05, 4.69) is 15.9 Å². The van der Waals surface area contributed by atoms with Gasteiger partial charge in [0.25, 0.3) is 0 Å². The van der Waals surface area contributed by atoms with Gasteiger partial charge in [0.05, 0.1) is 34.3 Å². The van der Waals surface area contributed by atoms with Crippen LogP contribution >= 0.6 is 15.9 Å². The van der Waals surface area contributed by atoms with Crippen LogP contribution in [0.15, 0.2) is 59.1 Å². The van der Waals surface area contributed by atoms with Gasteiger partial charge in [0.1, 0.15) is 0 Å². The van der Waals surface area contributed by atoms with Gasteiger partial charge in [0.15, 0.2) is 0 Å². The monoisotopic (exact) mass is 518 g/mol. The van der Waals surface area contributed by atoms with E-state index in [1.54, 1.807) is 36.4 Å². The Hall–Kier alpha value is -3.32. The Labute approximate surface area is 205 Å². The van der Waals surface area contributed by atoms with E-state index >= 15 is 0 Å². The summed E-state index contributed by atoms with van der Waals surface area (Å²) >= 11 is 3.46. The maximum Gasteiger partial charge on any atom is 0.336 e. The molecule has 172 valence electrons. The summed E-state index contributed by atoms with van der Waals surface area (Å²) in [5.41, 5.74) is 3.54. The molecule has 1 aliphatic carbocycles. The highest BCUT2D eigenvalue weighted by Crippen LogP contribution is 2.41. The Kier molecular flexibility index (Phi) is 5.60. The summed E-state index contributed by atoms with van der Waals surface area (Å²) in [6.07, 6.45) is 5.29. The van der Waals surface area contributed by atoms with Crippen molar-refractivity contribution in [2.45, 2.75) is 26.7 Å². The zero-order valence-corrected chi connectivity index (χ0v) is 20.4. The summed E-state index contributed by atoms with van der Waals surface area (Å²) in [5, 5.41) is 10.4. The average molecular weight is 519 g/mol. The van der Waals surface area contributed by atoms with Crippen LogP contribution in [0.5, 0.6) is 0 Å². The van der Waals surface area contributed by atoms with Gasteiger partial charge in [-0.15, -0.1) is 0 Å².